The summed E-state index contributed by atoms with van der Waals surface area (Å²) in [6.07, 6.45) is 2.39. The average Bonchev–Trinajstić information content (AvgIpc) is 2.84. The lowest BCUT2D eigenvalue weighted by Gasteiger charge is -2.06. The first kappa shape index (κ1) is 8.67. The number of nitrogens with zero attached hydrogens (tertiary/aromatic N) is 2. The van der Waals surface area contributed by atoms with Gasteiger partial charge in [0.2, 0.25) is 0 Å². The summed E-state index contributed by atoms with van der Waals surface area (Å²) in [7, 11) is 0. The van der Waals surface area contributed by atoms with Gasteiger partial charge in [-0.05, 0) is 19.8 Å². The summed E-state index contributed by atoms with van der Waals surface area (Å²) in [4.78, 5) is 4.30. The fourth-order valence-electron chi connectivity index (χ4n) is 1.19. The van der Waals surface area contributed by atoms with Crippen molar-refractivity contribution in [2.24, 2.45) is 0 Å². The van der Waals surface area contributed by atoms with Crippen molar-refractivity contribution in [1.82, 2.24) is 10.3 Å². The first-order valence-electron chi connectivity index (χ1n) is 4.37. The highest BCUT2D eigenvalue weighted by atomic mass is 32.1. The van der Waals surface area contributed by atoms with Gasteiger partial charge in [0.05, 0.1) is 16.8 Å². The van der Waals surface area contributed by atoms with Crippen LogP contribution in [0.1, 0.15) is 29.6 Å². The first-order valence-corrected chi connectivity index (χ1v) is 5.25. The van der Waals surface area contributed by atoms with E-state index in [1.807, 2.05) is 12.3 Å². The van der Waals surface area contributed by atoms with Crippen molar-refractivity contribution in [3.63, 3.8) is 0 Å². The summed E-state index contributed by atoms with van der Waals surface area (Å²) in [5.41, 5.74) is 0.872. The second-order valence-corrected chi connectivity index (χ2v) is 4.36. The van der Waals surface area contributed by atoms with Crippen LogP contribution in [-0.2, 0) is 0 Å². The molecule has 0 aromatic carbocycles. The van der Waals surface area contributed by atoms with E-state index >= 15 is 0 Å². The van der Waals surface area contributed by atoms with Gasteiger partial charge < -0.3 is 0 Å². The van der Waals surface area contributed by atoms with Gasteiger partial charge >= 0.3 is 0 Å². The van der Waals surface area contributed by atoms with E-state index in [2.05, 4.69) is 16.4 Å². The van der Waals surface area contributed by atoms with E-state index in [1.54, 1.807) is 11.3 Å². The number of thiazole rings is 1. The molecule has 13 heavy (non-hydrogen) atoms. The van der Waals surface area contributed by atoms with E-state index in [-0.39, 0.29) is 6.04 Å². The van der Waals surface area contributed by atoms with Gasteiger partial charge in [-0.15, -0.1) is 11.3 Å². The van der Waals surface area contributed by atoms with Crippen LogP contribution in [0.4, 0.5) is 0 Å². The maximum Gasteiger partial charge on any atom is 0.139 e. The molecule has 1 N–H and O–H groups in total. The summed E-state index contributed by atoms with van der Waals surface area (Å²) < 4.78 is 0. The van der Waals surface area contributed by atoms with Crippen LogP contribution in [0.2, 0.25) is 0 Å². The predicted octanol–water partition coefficient (Wildman–Crippen LogP) is 1.77. The Balaban J connectivity index is 2.07. The molecular weight excluding hydrogens is 182 g/mol. The molecular formula is C9H11N3S. The molecule has 2 rings (SSSR count). The van der Waals surface area contributed by atoms with E-state index < -0.39 is 0 Å². The Bertz CT molecular complexity index is 335. The van der Waals surface area contributed by atoms with Crippen LogP contribution in [-0.4, -0.2) is 11.0 Å². The third-order valence-corrected chi connectivity index (χ3v) is 2.83. The van der Waals surface area contributed by atoms with Gasteiger partial charge in [-0.1, -0.05) is 0 Å². The summed E-state index contributed by atoms with van der Waals surface area (Å²) in [6.45, 7) is 1.96. The zero-order valence-corrected chi connectivity index (χ0v) is 8.27. The molecule has 3 nitrogen and oxygen atoms in total. The molecule has 1 atom stereocenters. The van der Waals surface area contributed by atoms with Gasteiger partial charge in [-0.2, -0.15) is 5.26 Å². The number of hydrogen-bond acceptors (Lipinski definition) is 4. The Kier molecular flexibility index (Phi) is 2.30. The molecule has 1 unspecified atom stereocenters. The zero-order chi connectivity index (χ0) is 9.26. The molecule has 0 bridgehead atoms. The summed E-state index contributed by atoms with van der Waals surface area (Å²) in [6, 6.07) is 2.57. The lowest BCUT2D eigenvalue weighted by atomic mass is 10.2. The van der Waals surface area contributed by atoms with Gasteiger partial charge in [-0.3, -0.25) is 5.32 Å². The molecule has 1 fully saturated rings. The molecule has 0 radical (unpaired) electrons. The van der Waals surface area contributed by atoms with Gasteiger partial charge in [-0.25, -0.2) is 4.98 Å². The number of nitriles is 1. The molecule has 68 valence electrons. The smallest absolute Gasteiger partial charge is 0.139 e. The van der Waals surface area contributed by atoms with Crippen molar-refractivity contribution in [2.75, 3.05) is 0 Å². The maximum absolute atomic E-state index is 8.92. The molecule has 0 saturated heterocycles. The van der Waals surface area contributed by atoms with Crippen LogP contribution in [0.25, 0.3) is 0 Å². The first-order chi connectivity index (χ1) is 6.29. The highest BCUT2D eigenvalue weighted by Gasteiger charge is 2.26. The number of hydrogen-bond donors (Lipinski definition) is 1. The highest BCUT2D eigenvalue weighted by Crippen LogP contribution is 2.24. The Morgan fingerprint density at radius 3 is 3.00 bits per heavy atom. The molecule has 0 aliphatic heterocycles. The lowest BCUT2D eigenvalue weighted by Crippen LogP contribution is -2.22. The van der Waals surface area contributed by atoms with Crippen molar-refractivity contribution in [2.45, 2.75) is 31.8 Å². The third-order valence-electron chi connectivity index (χ3n) is 2.04. The molecule has 1 aliphatic rings. The minimum atomic E-state index is -0.211. The number of aromatic nitrogens is 1. The van der Waals surface area contributed by atoms with Crippen LogP contribution < -0.4 is 5.32 Å². The van der Waals surface area contributed by atoms with Gasteiger partial charge in [0, 0.05) is 11.4 Å². The molecule has 0 amide bonds. The van der Waals surface area contributed by atoms with Crippen LogP contribution in [0.15, 0.2) is 5.38 Å². The van der Waals surface area contributed by atoms with Crippen LogP contribution in [0.5, 0.6) is 0 Å². The second kappa shape index (κ2) is 3.44. The quantitative estimate of drug-likeness (QED) is 0.795. The Hall–Kier alpha value is -0.920. The van der Waals surface area contributed by atoms with Crippen molar-refractivity contribution in [3.8, 4) is 6.07 Å². The molecule has 1 aromatic rings. The fourth-order valence-corrected chi connectivity index (χ4v) is 1.83. The van der Waals surface area contributed by atoms with Crippen LogP contribution >= 0.6 is 11.3 Å². The zero-order valence-electron chi connectivity index (χ0n) is 7.45. The van der Waals surface area contributed by atoms with E-state index in [4.69, 9.17) is 5.26 Å². The monoisotopic (exact) mass is 193 g/mol. The van der Waals surface area contributed by atoms with Crippen molar-refractivity contribution < 1.29 is 0 Å². The molecule has 1 heterocycles. The van der Waals surface area contributed by atoms with E-state index in [0.29, 0.717) is 6.04 Å². The normalized spacial score (nSPS) is 18.2. The summed E-state index contributed by atoms with van der Waals surface area (Å²) >= 11 is 1.59. The average molecular weight is 193 g/mol. The van der Waals surface area contributed by atoms with Gasteiger partial charge in [0.15, 0.2) is 0 Å². The maximum atomic E-state index is 8.92. The van der Waals surface area contributed by atoms with Gasteiger partial charge in [0.25, 0.3) is 0 Å². The molecule has 4 heteroatoms. The Morgan fingerprint density at radius 2 is 2.54 bits per heavy atom. The van der Waals surface area contributed by atoms with Crippen LogP contribution in [0, 0.1) is 18.3 Å². The molecule has 1 aromatic heterocycles. The van der Waals surface area contributed by atoms with E-state index in [1.165, 1.54) is 12.8 Å². The van der Waals surface area contributed by atoms with E-state index in [9.17, 15) is 0 Å². The third kappa shape index (κ3) is 2.06. The second-order valence-electron chi connectivity index (χ2n) is 3.29. The van der Waals surface area contributed by atoms with Gasteiger partial charge in [0.1, 0.15) is 6.04 Å². The largest absolute Gasteiger partial charge is 0.294 e. The topological polar surface area (TPSA) is 48.7 Å². The minimum Gasteiger partial charge on any atom is -0.294 e. The number of aryl methyl sites for hydroxylation is 1. The molecule has 1 aliphatic carbocycles. The predicted molar refractivity (Wildman–Crippen MR) is 51.4 cm³/mol. The van der Waals surface area contributed by atoms with Crippen molar-refractivity contribution in [1.29, 1.82) is 5.26 Å². The molecule has 0 spiro atoms. The lowest BCUT2D eigenvalue weighted by molar-refractivity contribution is 0.614. The Labute approximate surface area is 81.4 Å². The SMILES string of the molecule is Cc1nc(C(C#N)NC2CC2)cs1. The number of nitrogens with one attached hydrogen (secondary N) is 1. The Morgan fingerprint density at radius 1 is 1.77 bits per heavy atom. The van der Waals surface area contributed by atoms with Crippen LogP contribution in [0.3, 0.4) is 0 Å². The minimum absolute atomic E-state index is 0.211. The van der Waals surface area contributed by atoms with Crippen molar-refractivity contribution in [3.05, 3.63) is 16.1 Å². The van der Waals surface area contributed by atoms with Crippen molar-refractivity contribution >= 4 is 11.3 Å². The fraction of sp³-hybridized carbons (Fsp3) is 0.556. The number of rotatable bonds is 3. The summed E-state index contributed by atoms with van der Waals surface area (Å²) in [5.74, 6) is 0. The van der Waals surface area contributed by atoms with E-state index in [0.717, 1.165) is 10.7 Å². The summed E-state index contributed by atoms with van der Waals surface area (Å²) in [5, 5.41) is 15.1. The highest BCUT2D eigenvalue weighted by molar-refractivity contribution is 7.09. The molecule has 1 saturated carbocycles. The standard InChI is InChI=1S/C9H11N3S/c1-6-11-9(5-13-6)8(4-10)12-7-2-3-7/h5,7-8,12H,2-3H2,1H3.